The summed E-state index contributed by atoms with van der Waals surface area (Å²) in [6, 6.07) is 5.20. The molecule has 0 spiro atoms. The van der Waals surface area contributed by atoms with Gasteiger partial charge in [-0.25, -0.2) is 4.79 Å². The molecule has 116 valence electrons. The molecular formula is C14H19BrN2O4. The second kappa shape index (κ2) is 7.87. The molecule has 1 unspecified atom stereocenters. The number of carboxylic acids is 1. The van der Waals surface area contributed by atoms with E-state index in [2.05, 4.69) is 21.2 Å². The Morgan fingerprint density at radius 3 is 2.71 bits per heavy atom. The van der Waals surface area contributed by atoms with Crippen molar-refractivity contribution in [3.63, 3.8) is 0 Å². The van der Waals surface area contributed by atoms with Crippen molar-refractivity contribution in [2.24, 2.45) is 5.92 Å². The van der Waals surface area contributed by atoms with Gasteiger partial charge in [0.15, 0.2) is 0 Å². The van der Waals surface area contributed by atoms with E-state index in [9.17, 15) is 9.59 Å². The molecule has 0 aliphatic rings. The Balaban J connectivity index is 2.58. The van der Waals surface area contributed by atoms with Crippen molar-refractivity contribution in [2.75, 3.05) is 20.7 Å². The zero-order valence-electron chi connectivity index (χ0n) is 12.2. The second-order valence-corrected chi connectivity index (χ2v) is 5.65. The fraction of sp³-hybridized carbons (Fsp3) is 0.429. The zero-order chi connectivity index (χ0) is 16.0. The molecule has 0 aliphatic carbocycles. The van der Waals surface area contributed by atoms with Gasteiger partial charge in [0.1, 0.15) is 5.75 Å². The maximum atomic E-state index is 11.9. The first-order chi connectivity index (χ1) is 9.85. The fourth-order valence-electron chi connectivity index (χ4n) is 1.74. The Hall–Kier alpha value is -1.76. The largest absolute Gasteiger partial charge is 0.496 e. The number of aliphatic carboxylic acids is 1. The lowest BCUT2D eigenvalue weighted by Gasteiger charge is -2.20. The van der Waals surface area contributed by atoms with Crippen LogP contribution in [0.5, 0.6) is 5.75 Å². The predicted octanol–water partition coefficient (Wildman–Crippen LogP) is 2.32. The summed E-state index contributed by atoms with van der Waals surface area (Å²) in [5.41, 5.74) is 0.841. The second-order valence-electron chi connectivity index (χ2n) is 4.73. The number of nitrogens with one attached hydrogen (secondary N) is 1. The van der Waals surface area contributed by atoms with Gasteiger partial charge in [0.05, 0.1) is 13.0 Å². The Kier molecular flexibility index (Phi) is 6.48. The molecule has 2 N–H and O–H groups in total. The topological polar surface area (TPSA) is 78.9 Å². The molecule has 2 amide bonds. The Morgan fingerprint density at radius 1 is 1.48 bits per heavy atom. The average molecular weight is 359 g/mol. The summed E-state index contributed by atoms with van der Waals surface area (Å²) in [6.45, 7) is 2.02. The third kappa shape index (κ3) is 5.26. The van der Waals surface area contributed by atoms with Gasteiger partial charge in [0.25, 0.3) is 0 Å². The summed E-state index contributed by atoms with van der Waals surface area (Å²) in [7, 11) is 3.13. The molecule has 0 aromatic heterocycles. The number of ether oxygens (including phenoxy) is 1. The maximum Gasteiger partial charge on any atom is 0.317 e. The van der Waals surface area contributed by atoms with E-state index in [1.54, 1.807) is 21.1 Å². The van der Waals surface area contributed by atoms with Crippen LogP contribution >= 0.6 is 15.9 Å². The van der Waals surface area contributed by atoms with Crippen molar-refractivity contribution < 1.29 is 19.4 Å². The molecule has 0 bridgehead atoms. The zero-order valence-corrected chi connectivity index (χ0v) is 13.8. The molecule has 0 saturated heterocycles. The minimum Gasteiger partial charge on any atom is -0.496 e. The number of benzene rings is 1. The van der Waals surface area contributed by atoms with Crippen LogP contribution in [0.15, 0.2) is 22.7 Å². The van der Waals surface area contributed by atoms with Crippen molar-refractivity contribution in [1.29, 1.82) is 0 Å². The van der Waals surface area contributed by atoms with E-state index in [1.165, 1.54) is 4.90 Å². The lowest BCUT2D eigenvalue weighted by molar-refractivity contribution is -0.141. The lowest BCUT2D eigenvalue weighted by Crippen LogP contribution is -2.40. The molecular weight excluding hydrogens is 340 g/mol. The van der Waals surface area contributed by atoms with Gasteiger partial charge in [0, 0.05) is 30.2 Å². The van der Waals surface area contributed by atoms with Gasteiger partial charge in [-0.3, -0.25) is 4.79 Å². The smallest absolute Gasteiger partial charge is 0.317 e. The lowest BCUT2D eigenvalue weighted by atomic mass is 10.2. The molecule has 1 aromatic rings. The molecule has 21 heavy (non-hydrogen) atoms. The first kappa shape index (κ1) is 17.3. The highest BCUT2D eigenvalue weighted by atomic mass is 79.9. The van der Waals surface area contributed by atoms with Crippen LogP contribution < -0.4 is 10.1 Å². The van der Waals surface area contributed by atoms with Gasteiger partial charge < -0.3 is 20.1 Å². The Bertz CT molecular complexity index is 522. The first-order valence-corrected chi connectivity index (χ1v) is 7.18. The van der Waals surface area contributed by atoms with Gasteiger partial charge in [-0.1, -0.05) is 28.9 Å². The SMILES string of the molecule is COc1cc(Br)ccc1CNC(=O)N(C)CC(C)C(=O)O. The fourth-order valence-corrected chi connectivity index (χ4v) is 2.08. The number of halogens is 1. The highest BCUT2D eigenvalue weighted by molar-refractivity contribution is 9.10. The van der Waals surface area contributed by atoms with E-state index in [1.807, 2.05) is 18.2 Å². The molecule has 1 rings (SSSR count). The number of carbonyl (C=O) groups excluding carboxylic acids is 1. The van der Waals surface area contributed by atoms with E-state index in [0.717, 1.165) is 10.0 Å². The number of carboxylic acid groups (broad SMARTS) is 1. The van der Waals surface area contributed by atoms with Crippen LogP contribution in [0.4, 0.5) is 4.79 Å². The van der Waals surface area contributed by atoms with Crippen molar-refractivity contribution in [1.82, 2.24) is 10.2 Å². The van der Waals surface area contributed by atoms with Crippen LogP contribution in [0.1, 0.15) is 12.5 Å². The van der Waals surface area contributed by atoms with E-state index in [4.69, 9.17) is 9.84 Å². The Morgan fingerprint density at radius 2 is 2.14 bits per heavy atom. The van der Waals surface area contributed by atoms with Crippen LogP contribution in [0.3, 0.4) is 0 Å². The summed E-state index contributed by atoms with van der Waals surface area (Å²) < 4.78 is 6.13. The van der Waals surface area contributed by atoms with Gasteiger partial charge >= 0.3 is 12.0 Å². The van der Waals surface area contributed by atoms with Crippen molar-refractivity contribution in [2.45, 2.75) is 13.5 Å². The van der Waals surface area contributed by atoms with E-state index < -0.39 is 11.9 Å². The number of amides is 2. The summed E-state index contributed by atoms with van der Waals surface area (Å²) in [5.74, 6) is -0.863. The highest BCUT2D eigenvalue weighted by Crippen LogP contribution is 2.23. The van der Waals surface area contributed by atoms with Crippen molar-refractivity contribution in [3.05, 3.63) is 28.2 Å². The molecule has 7 heteroatoms. The summed E-state index contributed by atoms with van der Waals surface area (Å²) >= 11 is 3.35. The van der Waals surface area contributed by atoms with Crippen molar-refractivity contribution in [3.8, 4) is 5.75 Å². The number of hydrogen-bond acceptors (Lipinski definition) is 3. The minimum absolute atomic E-state index is 0.151. The number of rotatable bonds is 6. The van der Waals surface area contributed by atoms with Crippen molar-refractivity contribution >= 4 is 27.9 Å². The first-order valence-electron chi connectivity index (χ1n) is 6.39. The van der Waals surface area contributed by atoms with Gasteiger partial charge in [0.2, 0.25) is 0 Å². The van der Waals surface area contributed by atoms with E-state index >= 15 is 0 Å². The Labute approximate surface area is 132 Å². The molecule has 0 radical (unpaired) electrons. The molecule has 0 aliphatic heterocycles. The van der Waals surface area contributed by atoms with E-state index in [0.29, 0.717) is 12.3 Å². The van der Waals surface area contributed by atoms with Crippen LogP contribution in [0.25, 0.3) is 0 Å². The maximum absolute atomic E-state index is 11.9. The van der Waals surface area contributed by atoms with Crippen LogP contribution in [0, 0.1) is 5.92 Å². The number of nitrogens with zero attached hydrogens (tertiary/aromatic N) is 1. The van der Waals surface area contributed by atoms with Crippen LogP contribution in [-0.4, -0.2) is 42.7 Å². The number of urea groups is 1. The standard InChI is InChI=1S/C14H19BrN2O4/c1-9(13(18)19)8-17(2)14(20)16-7-10-4-5-11(15)6-12(10)21-3/h4-6,9H,7-8H2,1-3H3,(H,16,20)(H,18,19). The molecule has 0 heterocycles. The number of hydrogen-bond donors (Lipinski definition) is 2. The normalized spacial score (nSPS) is 11.6. The molecule has 1 atom stereocenters. The summed E-state index contributed by atoms with van der Waals surface area (Å²) in [4.78, 5) is 24.0. The van der Waals surface area contributed by atoms with Gasteiger partial charge in [-0.2, -0.15) is 0 Å². The quantitative estimate of drug-likeness (QED) is 0.817. The third-order valence-corrected chi connectivity index (χ3v) is 3.49. The monoisotopic (exact) mass is 358 g/mol. The molecule has 0 saturated carbocycles. The minimum atomic E-state index is -0.927. The summed E-state index contributed by atoms with van der Waals surface area (Å²) in [5, 5.41) is 11.6. The molecule has 6 nitrogen and oxygen atoms in total. The van der Waals surface area contributed by atoms with Gasteiger partial charge in [-0.05, 0) is 12.1 Å². The average Bonchev–Trinajstić information content (AvgIpc) is 2.44. The van der Waals surface area contributed by atoms with E-state index in [-0.39, 0.29) is 12.6 Å². The number of methoxy groups -OCH3 is 1. The highest BCUT2D eigenvalue weighted by Gasteiger charge is 2.17. The molecule has 1 aromatic carbocycles. The number of carbonyl (C=O) groups is 2. The summed E-state index contributed by atoms with van der Waals surface area (Å²) in [6.07, 6.45) is 0. The van der Waals surface area contributed by atoms with Crippen LogP contribution in [-0.2, 0) is 11.3 Å². The van der Waals surface area contributed by atoms with Crippen LogP contribution in [0.2, 0.25) is 0 Å². The molecule has 0 fully saturated rings. The predicted molar refractivity (Wildman–Crippen MR) is 82.4 cm³/mol. The van der Waals surface area contributed by atoms with Gasteiger partial charge in [-0.15, -0.1) is 0 Å². The third-order valence-electron chi connectivity index (χ3n) is 3.00.